The summed E-state index contributed by atoms with van der Waals surface area (Å²) in [6.45, 7) is 8.90. The zero-order valence-corrected chi connectivity index (χ0v) is 21.5. The number of ether oxygens (including phenoxy) is 3. The third kappa shape index (κ3) is 5.46. The number of aromatic nitrogens is 1. The van der Waals surface area contributed by atoms with Gasteiger partial charge in [0.1, 0.15) is 6.61 Å². The maximum atomic E-state index is 13.7. The first-order valence-electron chi connectivity index (χ1n) is 11.6. The van der Waals surface area contributed by atoms with Crippen molar-refractivity contribution in [1.82, 2.24) is 4.57 Å². The fourth-order valence-corrected chi connectivity index (χ4v) is 5.07. The monoisotopic (exact) mass is 518 g/mol. The summed E-state index contributed by atoms with van der Waals surface area (Å²) in [6.07, 6.45) is 3.21. The van der Waals surface area contributed by atoms with E-state index in [4.69, 9.17) is 14.2 Å². The average Bonchev–Trinajstić information content (AvgIpc) is 3.17. The van der Waals surface area contributed by atoms with E-state index in [-0.39, 0.29) is 12.2 Å². The summed E-state index contributed by atoms with van der Waals surface area (Å²) in [6, 6.07) is 13.7. The molecule has 0 N–H and O–H groups in total. The molecule has 0 unspecified atom stereocenters. The van der Waals surface area contributed by atoms with Crippen LogP contribution in [0.1, 0.15) is 37.9 Å². The van der Waals surface area contributed by atoms with Crippen LogP contribution in [-0.4, -0.2) is 29.7 Å². The lowest BCUT2D eigenvalue weighted by molar-refractivity contribution is -0.138. The Morgan fingerprint density at radius 2 is 1.92 bits per heavy atom. The molecule has 0 radical (unpaired) electrons. The first-order valence-corrected chi connectivity index (χ1v) is 12.5. The Hall–Kier alpha value is -4.24. The SMILES string of the molecule is C=CCOC(=O)C1=C(C)N=c2s/c(=C\c3ccc(OC(C)=O)c(OCC)c3)c(=O)n2[C@H]1c1ccccc1. The van der Waals surface area contributed by atoms with Gasteiger partial charge >= 0.3 is 11.9 Å². The zero-order valence-electron chi connectivity index (χ0n) is 20.7. The van der Waals surface area contributed by atoms with Crippen LogP contribution >= 0.6 is 11.3 Å². The number of allylic oxidation sites excluding steroid dienone is 1. The van der Waals surface area contributed by atoms with Crippen LogP contribution in [-0.2, 0) is 14.3 Å². The molecule has 37 heavy (non-hydrogen) atoms. The maximum absolute atomic E-state index is 13.7. The van der Waals surface area contributed by atoms with E-state index in [2.05, 4.69) is 11.6 Å². The maximum Gasteiger partial charge on any atom is 0.338 e. The molecule has 8 nitrogen and oxygen atoms in total. The van der Waals surface area contributed by atoms with Crippen LogP contribution in [0.2, 0.25) is 0 Å². The number of benzene rings is 2. The number of esters is 2. The Kier molecular flexibility index (Phi) is 7.83. The number of hydrogen-bond acceptors (Lipinski definition) is 8. The fourth-order valence-electron chi connectivity index (χ4n) is 4.02. The highest BCUT2D eigenvalue weighted by Crippen LogP contribution is 2.31. The molecule has 9 heteroatoms. The van der Waals surface area contributed by atoms with Crippen molar-refractivity contribution in [2.45, 2.75) is 26.8 Å². The van der Waals surface area contributed by atoms with Crippen LogP contribution in [0, 0.1) is 0 Å². The molecule has 4 rings (SSSR count). The number of hydrogen-bond donors (Lipinski definition) is 0. The van der Waals surface area contributed by atoms with Gasteiger partial charge in [0.25, 0.3) is 5.56 Å². The smallest absolute Gasteiger partial charge is 0.338 e. The number of fused-ring (bicyclic) bond motifs is 1. The normalized spacial score (nSPS) is 15.0. The molecule has 1 aromatic heterocycles. The first kappa shape index (κ1) is 25.8. The van der Waals surface area contributed by atoms with Gasteiger partial charge in [0.15, 0.2) is 16.3 Å². The van der Waals surface area contributed by atoms with Gasteiger partial charge in [0.05, 0.1) is 28.5 Å². The van der Waals surface area contributed by atoms with Gasteiger partial charge in [-0.15, -0.1) is 0 Å². The van der Waals surface area contributed by atoms with E-state index < -0.39 is 18.0 Å². The molecule has 0 spiro atoms. The lowest BCUT2D eigenvalue weighted by Crippen LogP contribution is -2.39. The minimum atomic E-state index is -0.692. The highest BCUT2D eigenvalue weighted by molar-refractivity contribution is 7.07. The fraction of sp³-hybridized carbons (Fsp3) is 0.214. The molecule has 0 aliphatic carbocycles. The number of carbonyl (C=O) groups is 2. The minimum absolute atomic E-state index is 0.0487. The summed E-state index contributed by atoms with van der Waals surface area (Å²) in [5.41, 5.74) is 1.94. The van der Waals surface area contributed by atoms with E-state index in [1.165, 1.54) is 28.9 Å². The molecular formula is C28H26N2O6S. The van der Waals surface area contributed by atoms with Gasteiger partial charge in [-0.25, -0.2) is 9.79 Å². The van der Waals surface area contributed by atoms with Crippen LogP contribution in [0.3, 0.4) is 0 Å². The van der Waals surface area contributed by atoms with Gasteiger partial charge in [-0.1, -0.05) is 60.4 Å². The lowest BCUT2D eigenvalue weighted by atomic mass is 9.96. The summed E-state index contributed by atoms with van der Waals surface area (Å²) < 4.78 is 18.1. The minimum Gasteiger partial charge on any atom is -0.490 e. The predicted octanol–water partition coefficient (Wildman–Crippen LogP) is 3.29. The third-order valence-corrected chi connectivity index (χ3v) is 6.49. The van der Waals surface area contributed by atoms with E-state index in [0.29, 0.717) is 44.3 Å². The van der Waals surface area contributed by atoms with Crippen LogP contribution in [0.4, 0.5) is 0 Å². The molecule has 0 fully saturated rings. The number of nitrogens with zero attached hydrogens (tertiary/aromatic N) is 2. The van der Waals surface area contributed by atoms with Crippen LogP contribution in [0.25, 0.3) is 6.08 Å². The van der Waals surface area contributed by atoms with Crippen LogP contribution in [0.15, 0.2) is 82.2 Å². The van der Waals surface area contributed by atoms with Crippen molar-refractivity contribution in [2.75, 3.05) is 13.2 Å². The molecule has 0 saturated heterocycles. The Labute approximate surface area is 217 Å². The van der Waals surface area contributed by atoms with Crippen molar-refractivity contribution >= 4 is 29.4 Å². The number of rotatable bonds is 8. The molecule has 2 aromatic carbocycles. The Morgan fingerprint density at radius 3 is 2.59 bits per heavy atom. The first-order chi connectivity index (χ1) is 17.8. The quantitative estimate of drug-likeness (QED) is 0.258. The summed E-state index contributed by atoms with van der Waals surface area (Å²) in [5, 5.41) is 0. The van der Waals surface area contributed by atoms with Crippen molar-refractivity contribution in [3.05, 3.63) is 103 Å². The van der Waals surface area contributed by atoms with E-state index in [1.807, 2.05) is 37.3 Å². The second-order valence-corrected chi connectivity index (χ2v) is 9.12. The van der Waals surface area contributed by atoms with Gasteiger partial charge in [-0.05, 0) is 43.2 Å². The molecule has 1 aliphatic rings. The molecule has 0 bridgehead atoms. The molecule has 0 saturated carbocycles. The standard InChI is InChI=1S/C28H26N2O6S/c1-5-14-35-27(33)24-17(3)29-28-30(25(24)20-10-8-7-9-11-20)26(32)23(37-28)16-19-12-13-21(36-18(4)31)22(15-19)34-6-2/h5,7-13,15-16,25H,1,6,14H2,2-4H3/b23-16-/t25-/m0/s1. The van der Waals surface area contributed by atoms with Gasteiger partial charge < -0.3 is 14.2 Å². The second kappa shape index (κ2) is 11.2. The molecule has 2 heterocycles. The van der Waals surface area contributed by atoms with E-state index in [0.717, 1.165) is 5.56 Å². The summed E-state index contributed by atoms with van der Waals surface area (Å²) >= 11 is 1.22. The molecule has 1 aliphatic heterocycles. The van der Waals surface area contributed by atoms with Gasteiger partial charge in [0.2, 0.25) is 0 Å². The Bertz CT molecular complexity index is 1570. The van der Waals surface area contributed by atoms with Crippen LogP contribution < -0.4 is 24.4 Å². The van der Waals surface area contributed by atoms with E-state index >= 15 is 0 Å². The van der Waals surface area contributed by atoms with Gasteiger partial charge in [0, 0.05) is 6.92 Å². The zero-order chi connectivity index (χ0) is 26.5. The van der Waals surface area contributed by atoms with Gasteiger partial charge in [-0.3, -0.25) is 14.2 Å². The predicted molar refractivity (Wildman–Crippen MR) is 140 cm³/mol. The van der Waals surface area contributed by atoms with Crippen molar-refractivity contribution in [3.63, 3.8) is 0 Å². The largest absolute Gasteiger partial charge is 0.490 e. The molecule has 3 aromatic rings. The van der Waals surface area contributed by atoms with Crippen LogP contribution in [0.5, 0.6) is 11.5 Å². The Morgan fingerprint density at radius 1 is 1.16 bits per heavy atom. The molecular weight excluding hydrogens is 492 g/mol. The number of carbonyl (C=O) groups excluding carboxylic acids is 2. The highest BCUT2D eigenvalue weighted by Gasteiger charge is 2.33. The van der Waals surface area contributed by atoms with Crippen molar-refractivity contribution in [2.24, 2.45) is 4.99 Å². The van der Waals surface area contributed by atoms with E-state index in [9.17, 15) is 14.4 Å². The van der Waals surface area contributed by atoms with Crippen molar-refractivity contribution in [1.29, 1.82) is 0 Å². The number of thiazole rings is 1. The highest BCUT2D eigenvalue weighted by atomic mass is 32.1. The van der Waals surface area contributed by atoms with Crippen molar-refractivity contribution in [3.8, 4) is 11.5 Å². The summed E-state index contributed by atoms with van der Waals surface area (Å²) in [5.74, 6) is -0.313. The molecule has 0 amide bonds. The average molecular weight is 519 g/mol. The van der Waals surface area contributed by atoms with Gasteiger partial charge in [-0.2, -0.15) is 0 Å². The second-order valence-electron chi connectivity index (χ2n) is 8.11. The van der Waals surface area contributed by atoms with E-state index in [1.54, 1.807) is 31.2 Å². The summed E-state index contributed by atoms with van der Waals surface area (Å²) in [7, 11) is 0. The van der Waals surface area contributed by atoms with Crippen molar-refractivity contribution < 1.29 is 23.8 Å². The molecule has 190 valence electrons. The summed E-state index contributed by atoms with van der Waals surface area (Å²) in [4.78, 5) is 43.2. The third-order valence-electron chi connectivity index (χ3n) is 5.51. The Balaban J connectivity index is 1.86. The molecule has 1 atom stereocenters. The topological polar surface area (TPSA) is 96.2 Å². The lowest BCUT2D eigenvalue weighted by Gasteiger charge is -2.24.